The molecular formula is C10H14BrClN2OS. The molecule has 1 aliphatic rings. The van der Waals surface area contributed by atoms with Gasteiger partial charge in [0.2, 0.25) is 0 Å². The highest BCUT2D eigenvalue weighted by Gasteiger charge is 2.22. The second-order valence-electron chi connectivity index (χ2n) is 3.74. The minimum Gasteiger partial charge on any atom is -0.335 e. The number of halogens is 2. The molecule has 0 aromatic carbocycles. The van der Waals surface area contributed by atoms with E-state index in [1.54, 1.807) is 0 Å². The maximum atomic E-state index is 12.0. The van der Waals surface area contributed by atoms with Crippen molar-refractivity contribution in [1.29, 1.82) is 0 Å². The molecule has 0 bridgehead atoms. The molecule has 1 fully saturated rings. The first-order valence-corrected chi connectivity index (χ1v) is 6.61. The van der Waals surface area contributed by atoms with Crippen LogP contribution in [0.15, 0.2) is 15.9 Å². The summed E-state index contributed by atoms with van der Waals surface area (Å²) < 4.78 is 0.985. The van der Waals surface area contributed by atoms with Crippen LogP contribution >= 0.6 is 39.7 Å². The zero-order valence-corrected chi connectivity index (χ0v) is 12.1. The Morgan fingerprint density at radius 2 is 2.44 bits per heavy atom. The molecule has 0 radical (unpaired) electrons. The molecule has 0 saturated carbocycles. The molecule has 1 aromatic heterocycles. The number of nitrogens with one attached hydrogen (secondary N) is 1. The summed E-state index contributed by atoms with van der Waals surface area (Å²) in [5.41, 5.74) is 0. The smallest absolute Gasteiger partial charge is 0.264 e. The molecule has 0 unspecified atom stereocenters. The molecule has 3 nitrogen and oxygen atoms in total. The van der Waals surface area contributed by atoms with Crippen molar-refractivity contribution in [1.82, 2.24) is 10.2 Å². The predicted octanol–water partition coefficient (Wildman–Crippen LogP) is 2.37. The van der Waals surface area contributed by atoms with Crippen molar-refractivity contribution < 1.29 is 4.79 Å². The molecule has 2 heterocycles. The molecule has 1 aromatic rings. The number of thiophene rings is 1. The summed E-state index contributed by atoms with van der Waals surface area (Å²) in [6.07, 6.45) is 0. The Balaban J connectivity index is 0.00000128. The van der Waals surface area contributed by atoms with Crippen LogP contribution in [-0.4, -0.2) is 36.5 Å². The highest BCUT2D eigenvalue weighted by molar-refractivity contribution is 9.10. The zero-order valence-electron chi connectivity index (χ0n) is 8.90. The topological polar surface area (TPSA) is 32.3 Å². The van der Waals surface area contributed by atoms with Gasteiger partial charge in [-0.15, -0.1) is 23.7 Å². The first-order chi connectivity index (χ1) is 7.16. The van der Waals surface area contributed by atoms with E-state index in [9.17, 15) is 4.79 Å². The van der Waals surface area contributed by atoms with Crippen molar-refractivity contribution in [3.05, 3.63) is 20.8 Å². The van der Waals surface area contributed by atoms with Crippen molar-refractivity contribution in [2.75, 3.05) is 19.6 Å². The molecule has 2 rings (SSSR count). The number of hydrogen-bond acceptors (Lipinski definition) is 3. The first-order valence-electron chi connectivity index (χ1n) is 4.93. The number of hydrogen-bond donors (Lipinski definition) is 1. The third-order valence-corrected chi connectivity index (χ3v) is 4.11. The van der Waals surface area contributed by atoms with Crippen LogP contribution in [-0.2, 0) is 0 Å². The van der Waals surface area contributed by atoms with E-state index in [-0.39, 0.29) is 18.3 Å². The monoisotopic (exact) mass is 324 g/mol. The fourth-order valence-electron chi connectivity index (χ4n) is 1.70. The summed E-state index contributed by atoms with van der Waals surface area (Å²) in [6, 6.07) is 2.28. The number of carbonyl (C=O) groups is 1. The fraction of sp³-hybridized carbons (Fsp3) is 0.500. The van der Waals surface area contributed by atoms with E-state index in [1.807, 2.05) is 16.3 Å². The van der Waals surface area contributed by atoms with Gasteiger partial charge in [0.25, 0.3) is 5.91 Å². The van der Waals surface area contributed by atoms with Crippen LogP contribution in [0.25, 0.3) is 0 Å². The average molecular weight is 326 g/mol. The Bertz CT molecular complexity index is 371. The van der Waals surface area contributed by atoms with E-state index in [1.165, 1.54) is 11.3 Å². The third kappa shape index (κ3) is 3.20. The molecule has 1 N–H and O–H groups in total. The van der Waals surface area contributed by atoms with Gasteiger partial charge in [-0.25, -0.2) is 0 Å². The van der Waals surface area contributed by atoms with Crippen molar-refractivity contribution in [2.45, 2.75) is 13.0 Å². The van der Waals surface area contributed by atoms with Gasteiger partial charge >= 0.3 is 0 Å². The summed E-state index contributed by atoms with van der Waals surface area (Å²) in [6.45, 7) is 4.59. The maximum Gasteiger partial charge on any atom is 0.264 e. The molecule has 0 spiro atoms. The predicted molar refractivity (Wildman–Crippen MR) is 72.6 cm³/mol. The van der Waals surface area contributed by atoms with Crippen molar-refractivity contribution in [2.24, 2.45) is 0 Å². The molecule has 1 atom stereocenters. The lowest BCUT2D eigenvalue weighted by Crippen LogP contribution is -2.51. The summed E-state index contributed by atoms with van der Waals surface area (Å²) in [4.78, 5) is 14.8. The highest BCUT2D eigenvalue weighted by Crippen LogP contribution is 2.21. The molecule has 90 valence electrons. The third-order valence-electron chi connectivity index (χ3n) is 2.43. The van der Waals surface area contributed by atoms with Crippen LogP contribution < -0.4 is 5.32 Å². The van der Waals surface area contributed by atoms with Crippen LogP contribution in [0, 0.1) is 0 Å². The molecule has 6 heteroatoms. The highest BCUT2D eigenvalue weighted by atomic mass is 79.9. The van der Waals surface area contributed by atoms with E-state index in [0.717, 1.165) is 29.0 Å². The van der Waals surface area contributed by atoms with Gasteiger partial charge in [-0.2, -0.15) is 0 Å². The van der Waals surface area contributed by atoms with Gasteiger partial charge in [-0.05, 0) is 28.9 Å². The fourth-order valence-corrected chi connectivity index (χ4v) is 3.09. The molecule has 1 saturated heterocycles. The summed E-state index contributed by atoms with van der Waals surface area (Å²) in [5, 5.41) is 5.27. The minimum atomic E-state index is 0. The standard InChI is InChI=1S/C10H13BrN2OS.ClH/c1-7-5-13(3-2-12-7)10(14)9-4-8(11)6-15-9;/h4,6-7,12H,2-3,5H2,1H3;1H/t7-;/m1./s1. The van der Waals surface area contributed by atoms with Crippen LogP contribution in [0.2, 0.25) is 0 Å². The Labute approximate surface area is 114 Å². The summed E-state index contributed by atoms with van der Waals surface area (Å²) in [7, 11) is 0. The van der Waals surface area contributed by atoms with Crippen molar-refractivity contribution in [3.8, 4) is 0 Å². The van der Waals surface area contributed by atoms with Gasteiger partial charge in [-0.3, -0.25) is 4.79 Å². The first kappa shape index (κ1) is 14.0. The van der Waals surface area contributed by atoms with Crippen molar-refractivity contribution >= 4 is 45.6 Å². The van der Waals surface area contributed by atoms with Gasteiger partial charge in [-0.1, -0.05) is 0 Å². The minimum absolute atomic E-state index is 0. The van der Waals surface area contributed by atoms with Crippen LogP contribution in [0.4, 0.5) is 0 Å². The molecule has 1 aliphatic heterocycles. The molecular weight excluding hydrogens is 312 g/mol. The molecule has 0 aliphatic carbocycles. The van der Waals surface area contributed by atoms with Crippen LogP contribution in [0.3, 0.4) is 0 Å². The number of piperazine rings is 1. The Hall–Kier alpha value is -0.100. The van der Waals surface area contributed by atoms with Gasteiger partial charge in [0.15, 0.2) is 0 Å². The van der Waals surface area contributed by atoms with Gasteiger partial charge in [0.1, 0.15) is 0 Å². The Morgan fingerprint density at radius 3 is 3.00 bits per heavy atom. The number of nitrogens with zero attached hydrogens (tertiary/aromatic N) is 1. The Kier molecular flexibility index (Phi) is 5.24. The normalized spacial score (nSPS) is 20.4. The summed E-state index contributed by atoms with van der Waals surface area (Å²) >= 11 is 4.86. The van der Waals surface area contributed by atoms with E-state index in [2.05, 4.69) is 28.2 Å². The molecule has 16 heavy (non-hydrogen) atoms. The van der Waals surface area contributed by atoms with Crippen molar-refractivity contribution in [3.63, 3.8) is 0 Å². The number of carbonyl (C=O) groups excluding carboxylic acids is 1. The van der Waals surface area contributed by atoms with E-state index < -0.39 is 0 Å². The number of amides is 1. The van der Waals surface area contributed by atoms with Crippen LogP contribution in [0.5, 0.6) is 0 Å². The maximum absolute atomic E-state index is 12.0. The molecule has 1 amide bonds. The Morgan fingerprint density at radius 1 is 1.69 bits per heavy atom. The van der Waals surface area contributed by atoms with E-state index >= 15 is 0 Å². The SMILES string of the molecule is C[C@@H]1CN(C(=O)c2cc(Br)cs2)CCN1.Cl. The average Bonchev–Trinajstić information content (AvgIpc) is 2.64. The second kappa shape index (κ2) is 6.00. The zero-order chi connectivity index (χ0) is 10.8. The second-order valence-corrected chi connectivity index (χ2v) is 5.56. The lowest BCUT2D eigenvalue weighted by atomic mass is 10.2. The summed E-state index contributed by atoms with van der Waals surface area (Å²) in [5.74, 6) is 0.152. The lowest BCUT2D eigenvalue weighted by molar-refractivity contribution is 0.0714. The van der Waals surface area contributed by atoms with Gasteiger partial charge in [0, 0.05) is 35.5 Å². The number of rotatable bonds is 1. The van der Waals surface area contributed by atoms with E-state index in [0.29, 0.717) is 6.04 Å². The van der Waals surface area contributed by atoms with Gasteiger partial charge in [0.05, 0.1) is 4.88 Å². The van der Waals surface area contributed by atoms with Gasteiger partial charge < -0.3 is 10.2 Å². The lowest BCUT2D eigenvalue weighted by Gasteiger charge is -2.31. The van der Waals surface area contributed by atoms with Crippen LogP contribution in [0.1, 0.15) is 16.6 Å². The largest absolute Gasteiger partial charge is 0.335 e. The quantitative estimate of drug-likeness (QED) is 0.860. The van der Waals surface area contributed by atoms with E-state index in [4.69, 9.17) is 0 Å².